The highest BCUT2D eigenvalue weighted by atomic mass is 35.5. The molecule has 0 aromatic heterocycles. The van der Waals surface area contributed by atoms with E-state index in [1.54, 1.807) is 13.0 Å². The molecule has 0 saturated carbocycles. The van der Waals surface area contributed by atoms with Gasteiger partial charge in [-0.15, -0.1) is 0 Å². The molecule has 1 amide bonds. The Labute approximate surface area is 215 Å². The number of alkyl halides is 3. The van der Waals surface area contributed by atoms with Crippen molar-refractivity contribution in [3.05, 3.63) is 87.4 Å². The molecule has 0 aliphatic carbocycles. The standard InChI is InChI=1S/C17H11ClF3NO2.C8H10N2OS/c1-2-24-15-4-3-13(18)8-14(15)16(23)11-5-10(9-22)6-12(7-11)17(19,20)21;1-6-4-7(12-9)2-3-8(6)10-5-11/h3-8H,2H2,1H3;2-5H,9H2,1H3,(H,10,11). The van der Waals surface area contributed by atoms with Crippen LogP contribution in [0, 0.1) is 18.3 Å². The molecule has 0 aliphatic heterocycles. The summed E-state index contributed by atoms with van der Waals surface area (Å²) in [4.78, 5) is 23.8. The van der Waals surface area contributed by atoms with Gasteiger partial charge in [0.1, 0.15) is 5.75 Å². The summed E-state index contributed by atoms with van der Waals surface area (Å²) in [7, 11) is 0. The van der Waals surface area contributed by atoms with Crippen molar-refractivity contribution in [3.63, 3.8) is 0 Å². The fraction of sp³-hybridized carbons (Fsp3) is 0.160. The molecule has 3 rings (SSSR count). The second-order valence-corrected chi connectivity index (χ2v) is 8.31. The first-order valence-electron chi connectivity index (χ1n) is 10.3. The maximum absolute atomic E-state index is 12.9. The largest absolute Gasteiger partial charge is 0.493 e. The minimum atomic E-state index is -4.67. The molecule has 0 aliphatic rings. The quantitative estimate of drug-likeness (QED) is 0.206. The van der Waals surface area contributed by atoms with Crippen molar-refractivity contribution in [2.24, 2.45) is 5.14 Å². The van der Waals surface area contributed by atoms with Crippen LogP contribution in [0.3, 0.4) is 0 Å². The Balaban J connectivity index is 0.000000319. The average molecular weight is 536 g/mol. The Morgan fingerprint density at radius 2 is 1.92 bits per heavy atom. The normalized spacial score (nSPS) is 10.5. The van der Waals surface area contributed by atoms with Gasteiger partial charge in [-0.3, -0.25) is 14.7 Å². The lowest BCUT2D eigenvalue weighted by Crippen LogP contribution is -2.10. The van der Waals surface area contributed by atoms with Crippen LogP contribution in [0.2, 0.25) is 5.02 Å². The van der Waals surface area contributed by atoms with Gasteiger partial charge in [-0.2, -0.15) is 18.4 Å². The molecule has 0 bridgehead atoms. The molecular formula is C25H21ClF3N3O3S. The van der Waals surface area contributed by atoms with Crippen molar-refractivity contribution in [2.75, 3.05) is 11.9 Å². The van der Waals surface area contributed by atoms with E-state index >= 15 is 0 Å². The number of hydrogen-bond acceptors (Lipinski definition) is 6. The first-order valence-corrected chi connectivity index (χ1v) is 11.6. The summed E-state index contributed by atoms with van der Waals surface area (Å²) in [5.41, 5.74) is 0.288. The summed E-state index contributed by atoms with van der Waals surface area (Å²) in [6, 6.07) is 14.1. The lowest BCUT2D eigenvalue weighted by Gasteiger charge is -2.12. The molecule has 0 heterocycles. The van der Waals surface area contributed by atoms with Crippen molar-refractivity contribution in [3.8, 4) is 11.8 Å². The zero-order valence-corrected chi connectivity index (χ0v) is 20.7. The Morgan fingerprint density at radius 3 is 2.47 bits per heavy atom. The van der Waals surface area contributed by atoms with Gasteiger partial charge in [-0.25, -0.2) is 0 Å². The monoisotopic (exact) mass is 535 g/mol. The summed E-state index contributed by atoms with van der Waals surface area (Å²) >= 11 is 7.06. The van der Waals surface area contributed by atoms with Crippen LogP contribution in [-0.4, -0.2) is 18.8 Å². The maximum atomic E-state index is 12.9. The van der Waals surface area contributed by atoms with E-state index in [0.29, 0.717) is 18.5 Å². The first-order chi connectivity index (χ1) is 17.0. The van der Waals surface area contributed by atoms with Crippen LogP contribution in [0.1, 0.15) is 39.5 Å². The zero-order valence-electron chi connectivity index (χ0n) is 19.2. The molecule has 0 atom stereocenters. The van der Waals surface area contributed by atoms with E-state index < -0.39 is 17.5 Å². The van der Waals surface area contributed by atoms with Crippen molar-refractivity contribution in [1.82, 2.24) is 0 Å². The average Bonchev–Trinajstić information content (AvgIpc) is 2.85. The highest BCUT2D eigenvalue weighted by Crippen LogP contribution is 2.32. The van der Waals surface area contributed by atoms with Gasteiger partial charge in [0.05, 0.1) is 29.4 Å². The number of carbonyl (C=O) groups excluding carboxylic acids is 2. The van der Waals surface area contributed by atoms with Crippen LogP contribution < -0.4 is 15.2 Å². The Hall–Kier alpha value is -3.52. The molecule has 0 saturated heterocycles. The van der Waals surface area contributed by atoms with Crippen LogP contribution in [-0.2, 0) is 11.0 Å². The second-order valence-electron chi connectivity index (χ2n) is 7.17. The molecule has 6 nitrogen and oxygen atoms in total. The fourth-order valence-electron chi connectivity index (χ4n) is 3.04. The molecule has 188 valence electrons. The number of benzene rings is 3. The minimum absolute atomic E-state index is 0.0348. The van der Waals surface area contributed by atoms with Crippen LogP contribution in [0.4, 0.5) is 18.9 Å². The number of anilines is 1. The molecule has 0 fully saturated rings. The van der Waals surface area contributed by atoms with E-state index in [2.05, 4.69) is 5.32 Å². The molecule has 11 heteroatoms. The third-order valence-electron chi connectivity index (χ3n) is 4.69. The molecule has 3 aromatic rings. The van der Waals surface area contributed by atoms with Gasteiger partial charge in [0.25, 0.3) is 0 Å². The van der Waals surface area contributed by atoms with Crippen molar-refractivity contribution in [1.29, 1.82) is 5.26 Å². The van der Waals surface area contributed by atoms with Gasteiger partial charge in [0, 0.05) is 21.2 Å². The Kier molecular flexibility index (Phi) is 10.3. The van der Waals surface area contributed by atoms with Crippen LogP contribution in [0.5, 0.6) is 5.75 Å². The van der Waals surface area contributed by atoms with Crippen LogP contribution in [0.25, 0.3) is 0 Å². The summed E-state index contributed by atoms with van der Waals surface area (Å²) < 4.78 is 44.2. The fourth-order valence-corrected chi connectivity index (χ4v) is 3.60. The van der Waals surface area contributed by atoms with E-state index in [1.165, 1.54) is 30.1 Å². The highest BCUT2D eigenvalue weighted by Gasteiger charge is 2.32. The number of carbonyl (C=O) groups is 2. The van der Waals surface area contributed by atoms with Crippen LogP contribution >= 0.6 is 23.5 Å². The van der Waals surface area contributed by atoms with Crippen molar-refractivity contribution >= 4 is 41.4 Å². The summed E-state index contributed by atoms with van der Waals surface area (Å²) in [5, 5.41) is 17.1. The number of nitrogens with two attached hydrogens (primary N) is 1. The SMILES string of the molecule is CCOc1ccc(Cl)cc1C(=O)c1cc(C#N)cc(C(F)(F)F)c1.Cc1cc(SN)ccc1NC=O. The molecule has 0 radical (unpaired) electrons. The second kappa shape index (κ2) is 13.0. The number of halogens is 4. The zero-order chi connectivity index (χ0) is 26.9. The van der Waals surface area contributed by atoms with Gasteiger partial charge < -0.3 is 10.1 Å². The van der Waals surface area contributed by atoms with E-state index in [9.17, 15) is 22.8 Å². The van der Waals surface area contributed by atoms with Crippen molar-refractivity contribution in [2.45, 2.75) is 24.9 Å². The lowest BCUT2D eigenvalue weighted by molar-refractivity contribution is -0.137. The predicted molar refractivity (Wildman–Crippen MR) is 133 cm³/mol. The number of nitrogens with one attached hydrogen (secondary N) is 1. The maximum Gasteiger partial charge on any atom is 0.416 e. The van der Waals surface area contributed by atoms with E-state index in [4.69, 9.17) is 26.7 Å². The molecule has 3 N–H and O–H groups in total. The first kappa shape index (κ1) is 28.7. The summed E-state index contributed by atoms with van der Waals surface area (Å²) in [5.74, 6) is -0.494. The van der Waals surface area contributed by atoms with E-state index in [-0.39, 0.29) is 34.1 Å². The highest BCUT2D eigenvalue weighted by molar-refractivity contribution is 7.97. The molecule has 3 aromatic carbocycles. The topological polar surface area (TPSA) is 105 Å². The third kappa shape index (κ3) is 7.75. The number of hydrogen-bond donors (Lipinski definition) is 2. The number of aryl methyl sites for hydroxylation is 1. The van der Waals surface area contributed by atoms with Gasteiger partial charge in [0.15, 0.2) is 5.78 Å². The smallest absolute Gasteiger partial charge is 0.416 e. The van der Waals surface area contributed by atoms with Gasteiger partial charge in [-0.1, -0.05) is 11.6 Å². The minimum Gasteiger partial charge on any atom is -0.493 e. The molecule has 36 heavy (non-hydrogen) atoms. The number of ether oxygens (including phenoxy) is 1. The predicted octanol–water partition coefficient (Wildman–Crippen LogP) is 6.39. The van der Waals surface area contributed by atoms with Gasteiger partial charge in [-0.05, 0) is 86.0 Å². The Morgan fingerprint density at radius 1 is 1.19 bits per heavy atom. The number of rotatable bonds is 7. The molecular weight excluding hydrogens is 515 g/mol. The summed E-state index contributed by atoms with van der Waals surface area (Å²) in [6.07, 6.45) is -4.00. The Bertz CT molecular complexity index is 1290. The third-order valence-corrected chi connectivity index (χ3v) is 5.45. The molecule has 0 spiro atoms. The number of nitriles is 1. The number of nitrogens with zero attached hydrogens (tertiary/aromatic N) is 1. The molecule has 0 unspecified atom stereocenters. The van der Waals surface area contributed by atoms with Gasteiger partial charge >= 0.3 is 6.18 Å². The van der Waals surface area contributed by atoms with Crippen molar-refractivity contribution < 1.29 is 27.5 Å². The van der Waals surface area contributed by atoms with Gasteiger partial charge in [0.2, 0.25) is 6.41 Å². The van der Waals surface area contributed by atoms with E-state index in [1.807, 2.05) is 25.1 Å². The lowest BCUT2D eigenvalue weighted by atomic mass is 9.98. The van der Waals surface area contributed by atoms with E-state index in [0.717, 1.165) is 22.2 Å². The summed E-state index contributed by atoms with van der Waals surface area (Å²) in [6.45, 7) is 3.90. The number of ketones is 1. The number of amides is 1. The van der Waals surface area contributed by atoms with Crippen LogP contribution in [0.15, 0.2) is 59.5 Å².